The van der Waals surface area contributed by atoms with Gasteiger partial charge in [-0.25, -0.2) is 15.0 Å². The van der Waals surface area contributed by atoms with Gasteiger partial charge in [0.15, 0.2) is 11.6 Å². The largest absolute Gasteiger partial charge is 0.611 e. The van der Waals surface area contributed by atoms with Gasteiger partial charge in [0, 0.05) is 44.0 Å². The second kappa shape index (κ2) is 19.8. The van der Waals surface area contributed by atoms with E-state index in [4.69, 9.17) is 24.7 Å². The minimum atomic E-state index is -1.11. The number of ether oxygens (including phenoxy) is 1. The number of aromatic nitrogens is 4. The van der Waals surface area contributed by atoms with Gasteiger partial charge >= 0.3 is 0 Å². The molecule has 6 aliphatic rings. The molecule has 0 radical (unpaired) electrons. The number of anilines is 2. The lowest BCUT2D eigenvalue weighted by Gasteiger charge is -2.41. The first-order valence-electron chi connectivity index (χ1n) is 23.6. The van der Waals surface area contributed by atoms with Crippen LogP contribution in [-0.4, -0.2) is 120 Å². The molecule has 2 aromatic heterocycles. The van der Waals surface area contributed by atoms with E-state index in [1.54, 1.807) is 4.90 Å². The molecule has 15 nitrogen and oxygen atoms in total. The Labute approximate surface area is 373 Å². The highest BCUT2D eigenvalue weighted by molar-refractivity contribution is 7.91. The maximum Gasteiger partial charge on any atom is 0.255 e. The standard InChI is InChI=1S/C47H63N9O6S/c57-31-47(18-8-19-47)53-43-41-38(17-26-63(41)61)50-46(52-43)55-23-15-33(16-24-55)42-48-28-36(29-49-42)62-25-7-5-3-1-2-4-6-20-54-21-13-32(14-22-54)34-9-10-37-35(27-34)30-56(45(37)60)39-11-12-40(58)51-44(39)59/h9-10,27-29,32-33,39,57H,1-8,11-26,30-31H2,(H,50,52,53)(H,51,58,59)/t39?,63-/m1/s1. The highest BCUT2D eigenvalue weighted by atomic mass is 32.2. The van der Waals surface area contributed by atoms with Crippen LogP contribution in [0.5, 0.6) is 5.75 Å². The van der Waals surface area contributed by atoms with Gasteiger partial charge in [-0.3, -0.25) is 19.7 Å². The Morgan fingerprint density at radius 3 is 2.33 bits per heavy atom. The number of benzene rings is 1. The number of carbonyl (C=O) groups is 3. The number of carbonyl (C=O) groups excluding carboxylic acids is 3. The first kappa shape index (κ1) is 43.9. The molecule has 1 aromatic carbocycles. The first-order valence-corrected chi connectivity index (χ1v) is 25.0. The topological polar surface area (TPSA) is 189 Å². The zero-order chi connectivity index (χ0) is 43.3. The lowest BCUT2D eigenvalue weighted by Crippen LogP contribution is -2.52. The molecule has 3 amide bonds. The molecule has 2 atom stereocenters. The maximum atomic E-state index is 13.1. The molecular formula is C47H63N9O6S. The third kappa shape index (κ3) is 9.98. The molecule has 3 saturated heterocycles. The number of hydrogen-bond acceptors (Lipinski definition) is 13. The van der Waals surface area contributed by atoms with Gasteiger partial charge in [-0.05, 0) is 118 Å². The molecule has 1 aliphatic carbocycles. The molecule has 16 heteroatoms. The summed E-state index contributed by atoms with van der Waals surface area (Å²) in [5.74, 6) is 3.47. The van der Waals surface area contributed by atoms with E-state index in [0.29, 0.717) is 55.0 Å². The predicted octanol–water partition coefficient (Wildman–Crippen LogP) is 5.39. The zero-order valence-electron chi connectivity index (χ0n) is 36.5. The number of nitrogens with zero attached hydrogens (tertiary/aromatic N) is 7. The first-order chi connectivity index (χ1) is 30.8. The number of aliphatic hydroxyl groups is 1. The fraction of sp³-hybridized carbons (Fsp3) is 0.638. The number of nitrogens with one attached hydrogen (secondary N) is 2. The molecule has 0 bridgehead atoms. The van der Waals surface area contributed by atoms with Crippen molar-refractivity contribution in [3.05, 3.63) is 58.8 Å². The Bertz CT molecular complexity index is 2100. The Balaban J connectivity index is 0.617. The van der Waals surface area contributed by atoms with Crippen LogP contribution in [0.2, 0.25) is 0 Å². The van der Waals surface area contributed by atoms with Gasteiger partial charge in [0.2, 0.25) is 22.7 Å². The smallest absolute Gasteiger partial charge is 0.255 e. The number of piperidine rings is 3. The number of rotatable bonds is 18. The number of likely N-dealkylation sites (tertiary alicyclic amines) is 1. The number of hydrogen-bond donors (Lipinski definition) is 3. The Morgan fingerprint density at radius 1 is 0.889 bits per heavy atom. The average Bonchev–Trinajstić information content (AvgIpc) is 3.84. The second-order valence-electron chi connectivity index (χ2n) is 18.7. The summed E-state index contributed by atoms with van der Waals surface area (Å²) < 4.78 is 18.8. The second-order valence-corrected chi connectivity index (χ2v) is 20.2. The molecule has 3 aromatic rings. The van der Waals surface area contributed by atoms with Crippen molar-refractivity contribution in [2.45, 2.75) is 144 Å². The highest BCUT2D eigenvalue weighted by Gasteiger charge is 2.42. The van der Waals surface area contributed by atoms with Crippen LogP contribution in [0.1, 0.15) is 148 Å². The normalized spacial score (nSPS) is 22.8. The van der Waals surface area contributed by atoms with Gasteiger partial charge in [-0.2, -0.15) is 4.98 Å². The van der Waals surface area contributed by atoms with Crippen molar-refractivity contribution in [3.8, 4) is 5.75 Å². The van der Waals surface area contributed by atoms with E-state index in [1.807, 2.05) is 18.5 Å². The number of unbranched alkanes of at least 4 members (excludes halogenated alkanes) is 6. The van der Waals surface area contributed by atoms with E-state index in [2.05, 4.69) is 32.6 Å². The van der Waals surface area contributed by atoms with Gasteiger partial charge in [0.1, 0.15) is 23.3 Å². The van der Waals surface area contributed by atoms with Crippen molar-refractivity contribution < 1.29 is 28.8 Å². The van der Waals surface area contributed by atoms with Crippen LogP contribution in [0.15, 0.2) is 35.5 Å². The Morgan fingerprint density at radius 2 is 1.62 bits per heavy atom. The maximum absolute atomic E-state index is 13.1. The molecule has 63 heavy (non-hydrogen) atoms. The summed E-state index contributed by atoms with van der Waals surface area (Å²) >= 11 is -1.11. The average molecular weight is 882 g/mol. The number of aliphatic hydroxyl groups excluding tert-OH is 1. The van der Waals surface area contributed by atoms with Crippen molar-refractivity contribution >= 4 is 40.7 Å². The predicted molar refractivity (Wildman–Crippen MR) is 239 cm³/mol. The quantitative estimate of drug-likeness (QED) is 0.0839. The summed E-state index contributed by atoms with van der Waals surface area (Å²) in [6.45, 7) is 6.08. The summed E-state index contributed by atoms with van der Waals surface area (Å²) in [7, 11) is 0. The van der Waals surface area contributed by atoms with Gasteiger partial charge in [0.25, 0.3) is 5.91 Å². The number of aryl methyl sites for hydroxylation is 1. The van der Waals surface area contributed by atoms with Crippen LogP contribution in [0.4, 0.5) is 11.8 Å². The summed E-state index contributed by atoms with van der Waals surface area (Å²) in [5.41, 5.74) is 3.47. The summed E-state index contributed by atoms with van der Waals surface area (Å²) in [6.07, 6.45) is 20.2. The fourth-order valence-corrected chi connectivity index (χ4v) is 11.7. The molecule has 3 N–H and O–H groups in total. The summed E-state index contributed by atoms with van der Waals surface area (Å²) in [4.78, 5) is 63.4. The number of imide groups is 1. The molecule has 5 aliphatic heterocycles. The Hall–Kier alpha value is -4.38. The van der Waals surface area contributed by atoms with E-state index in [9.17, 15) is 24.0 Å². The van der Waals surface area contributed by atoms with Crippen LogP contribution < -0.4 is 20.3 Å². The third-order valence-corrected chi connectivity index (χ3v) is 15.9. The lowest BCUT2D eigenvalue weighted by molar-refractivity contribution is -0.136. The monoisotopic (exact) mass is 881 g/mol. The van der Waals surface area contributed by atoms with Crippen LogP contribution in [0.3, 0.4) is 0 Å². The minimum Gasteiger partial charge on any atom is -0.611 e. The van der Waals surface area contributed by atoms with Crippen LogP contribution in [0, 0.1) is 0 Å². The number of amides is 3. The van der Waals surface area contributed by atoms with Gasteiger partial charge < -0.3 is 34.4 Å². The van der Waals surface area contributed by atoms with Gasteiger partial charge in [-0.15, -0.1) is 0 Å². The van der Waals surface area contributed by atoms with Crippen molar-refractivity contribution in [2.75, 3.05) is 61.9 Å². The molecule has 0 spiro atoms. The molecule has 4 fully saturated rings. The molecule has 1 saturated carbocycles. The lowest BCUT2D eigenvalue weighted by atomic mass is 9.77. The van der Waals surface area contributed by atoms with Crippen molar-refractivity contribution in [1.82, 2.24) is 35.1 Å². The van der Waals surface area contributed by atoms with E-state index in [-0.39, 0.29) is 42.2 Å². The van der Waals surface area contributed by atoms with Crippen LogP contribution in [-0.2, 0) is 33.7 Å². The highest BCUT2D eigenvalue weighted by Crippen LogP contribution is 2.40. The summed E-state index contributed by atoms with van der Waals surface area (Å²) in [5, 5.41) is 15.9. The zero-order valence-corrected chi connectivity index (χ0v) is 37.3. The van der Waals surface area contributed by atoms with Gasteiger partial charge in [0.05, 0.1) is 31.1 Å². The SMILES string of the molecule is O=C1CCC(N2Cc3cc(C4CCN(CCCCCCCCCOc5cnc(C6CCN(c7nc8c(c(NC9(CO)CCC9)n7)[S@+]([O-])CC8)CC6)nc5)CC4)ccc3C2=O)C(=O)N1. The molecule has 7 heterocycles. The van der Waals surface area contributed by atoms with Crippen LogP contribution >= 0.6 is 0 Å². The van der Waals surface area contributed by atoms with E-state index in [1.165, 1.54) is 37.7 Å². The number of fused-ring (bicyclic) bond motifs is 2. The van der Waals surface area contributed by atoms with Crippen LogP contribution in [0.25, 0.3) is 0 Å². The fourth-order valence-electron chi connectivity index (χ4n) is 10.4. The molecule has 338 valence electrons. The Kier molecular flexibility index (Phi) is 13.8. The molecule has 1 unspecified atom stereocenters. The molecular weight excluding hydrogens is 819 g/mol. The van der Waals surface area contributed by atoms with Crippen molar-refractivity contribution in [1.29, 1.82) is 0 Å². The molecule has 9 rings (SSSR count). The third-order valence-electron chi connectivity index (χ3n) is 14.5. The van der Waals surface area contributed by atoms with Gasteiger partial charge in [-0.1, -0.05) is 44.2 Å². The van der Waals surface area contributed by atoms with E-state index >= 15 is 0 Å². The van der Waals surface area contributed by atoms with Crippen molar-refractivity contribution in [3.63, 3.8) is 0 Å². The minimum absolute atomic E-state index is 0.0414. The van der Waals surface area contributed by atoms with E-state index < -0.39 is 17.2 Å². The summed E-state index contributed by atoms with van der Waals surface area (Å²) in [6, 6.07) is 5.66. The van der Waals surface area contributed by atoms with E-state index in [0.717, 1.165) is 118 Å². The van der Waals surface area contributed by atoms with Crippen molar-refractivity contribution in [2.24, 2.45) is 0 Å².